The molecule has 2 heterocycles. The number of aryl methyl sites for hydroxylation is 2. The summed E-state index contributed by atoms with van der Waals surface area (Å²) in [6, 6.07) is 4.94. The van der Waals surface area contributed by atoms with E-state index >= 15 is 0 Å². The van der Waals surface area contributed by atoms with Crippen LogP contribution in [0.5, 0.6) is 0 Å². The molecule has 2 amide bonds. The molecular formula is C26H38N4O6. The zero-order valence-corrected chi connectivity index (χ0v) is 21.6. The fourth-order valence-corrected chi connectivity index (χ4v) is 5.19. The van der Waals surface area contributed by atoms with Crippen LogP contribution in [0.4, 0.5) is 0 Å². The molecule has 1 aromatic heterocycles. The third-order valence-corrected chi connectivity index (χ3v) is 7.53. The fraction of sp³-hybridized carbons (Fsp3) is 0.615. The minimum absolute atomic E-state index is 0.0764. The van der Waals surface area contributed by atoms with Crippen molar-refractivity contribution in [3.8, 4) is 0 Å². The van der Waals surface area contributed by atoms with Crippen molar-refractivity contribution in [1.82, 2.24) is 14.5 Å². The molecule has 36 heavy (non-hydrogen) atoms. The Hall–Kier alpha value is -2.98. The predicted molar refractivity (Wildman–Crippen MR) is 136 cm³/mol. The number of carbonyl (C=O) groups excluding carboxylic acids is 2. The highest BCUT2D eigenvalue weighted by Crippen LogP contribution is 2.42. The molecule has 0 saturated carbocycles. The number of hydrogen-bond acceptors (Lipinski definition) is 6. The number of benzene rings is 1. The Kier molecular flexibility index (Phi) is 8.40. The number of piperidine rings is 1. The van der Waals surface area contributed by atoms with Gasteiger partial charge in [0.1, 0.15) is 6.04 Å². The quantitative estimate of drug-likeness (QED) is 0.315. The highest BCUT2D eigenvalue weighted by molar-refractivity contribution is 6.00. The Labute approximate surface area is 210 Å². The number of fused-ring (bicyclic) bond motifs is 1. The van der Waals surface area contributed by atoms with E-state index in [4.69, 9.17) is 10.5 Å². The number of carboxylic acid groups (broad SMARTS) is 1. The summed E-state index contributed by atoms with van der Waals surface area (Å²) in [5.41, 5.74) is 6.54. The Morgan fingerprint density at radius 2 is 1.89 bits per heavy atom. The maximum atomic E-state index is 13.0. The van der Waals surface area contributed by atoms with Gasteiger partial charge in [-0.1, -0.05) is 32.9 Å². The SMILES string of the molecule is Cn1c(=O)n(C2CCC(=O)NC2=O)c2cccc(CCCOCCCC(CN)(C(=O)O)C(C)(C)C)c21. The lowest BCUT2D eigenvalue weighted by Gasteiger charge is -2.40. The number of aliphatic carboxylic acids is 1. The first-order valence-electron chi connectivity index (χ1n) is 12.5. The molecule has 0 aliphatic carbocycles. The number of nitrogens with one attached hydrogen (secondary N) is 1. The monoisotopic (exact) mass is 502 g/mol. The molecule has 1 saturated heterocycles. The van der Waals surface area contributed by atoms with E-state index in [9.17, 15) is 24.3 Å². The molecule has 2 aromatic rings. The van der Waals surface area contributed by atoms with E-state index in [2.05, 4.69) is 5.32 Å². The molecule has 3 rings (SSSR count). The largest absolute Gasteiger partial charge is 0.481 e. The summed E-state index contributed by atoms with van der Waals surface area (Å²) in [6.07, 6.45) is 2.93. The molecule has 0 bridgehead atoms. The van der Waals surface area contributed by atoms with Gasteiger partial charge in [-0.3, -0.25) is 28.8 Å². The molecule has 198 valence electrons. The maximum absolute atomic E-state index is 13.0. The van der Waals surface area contributed by atoms with E-state index in [-0.39, 0.29) is 24.6 Å². The standard InChI is InChI=1S/C26H38N4O6/c1-25(2,3)26(16-27,23(33)34)13-7-15-36-14-6-9-17-8-5-10-18-21(17)29(4)24(35)30(18)19-11-12-20(31)28-22(19)32/h5,8,10,19H,6-7,9,11-16,27H2,1-4H3,(H,33,34)(H,28,31,32). The van der Waals surface area contributed by atoms with Crippen molar-refractivity contribution in [2.24, 2.45) is 23.6 Å². The minimum Gasteiger partial charge on any atom is -0.481 e. The zero-order chi connectivity index (χ0) is 26.7. The van der Waals surface area contributed by atoms with E-state index in [1.54, 1.807) is 11.6 Å². The van der Waals surface area contributed by atoms with Gasteiger partial charge in [0.15, 0.2) is 0 Å². The van der Waals surface area contributed by atoms with Crippen molar-refractivity contribution in [3.05, 3.63) is 34.2 Å². The van der Waals surface area contributed by atoms with Gasteiger partial charge in [-0.05, 0) is 49.1 Å². The number of imidazole rings is 1. The summed E-state index contributed by atoms with van der Waals surface area (Å²) in [4.78, 5) is 48.9. The molecule has 10 heteroatoms. The van der Waals surface area contributed by atoms with E-state index in [0.29, 0.717) is 44.4 Å². The third-order valence-electron chi connectivity index (χ3n) is 7.53. The summed E-state index contributed by atoms with van der Waals surface area (Å²) in [5.74, 6) is -1.64. The summed E-state index contributed by atoms with van der Waals surface area (Å²) in [5, 5.41) is 12.1. The number of amides is 2. The summed E-state index contributed by atoms with van der Waals surface area (Å²) < 4.78 is 8.83. The van der Waals surface area contributed by atoms with Gasteiger partial charge in [0.05, 0.1) is 16.4 Å². The highest BCUT2D eigenvalue weighted by atomic mass is 16.5. The molecule has 4 N–H and O–H groups in total. The number of nitrogens with two attached hydrogens (primary N) is 1. The fourth-order valence-electron chi connectivity index (χ4n) is 5.19. The molecule has 10 nitrogen and oxygen atoms in total. The number of ether oxygens (including phenoxy) is 1. The van der Waals surface area contributed by atoms with Gasteiger partial charge in [-0.15, -0.1) is 0 Å². The van der Waals surface area contributed by atoms with Crippen molar-refractivity contribution in [2.75, 3.05) is 19.8 Å². The van der Waals surface area contributed by atoms with Gasteiger partial charge >= 0.3 is 11.7 Å². The maximum Gasteiger partial charge on any atom is 0.329 e. The van der Waals surface area contributed by atoms with E-state index in [1.807, 2.05) is 39.0 Å². The second-order valence-electron chi connectivity index (χ2n) is 10.6. The van der Waals surface area contributed by atoms with Crippen molar-refractivity contribution < 1.29 is 24.2 Å². The second kappa shape index (κ2) is 11.0. The average Bonchev–Trinajstić information content (AvgIpc) is 3.05. The first-order valence-corrected chi connectivity index (χ1v) is 12.5. The number of para-hydroxylation sites is 1. The van der Waals surface area contributed by atoms with Gasteiger partial charge in [0.25, 0.3) is 0 Å². The minimum atomic E-state index is -0.994. The van der Waals surface area contributed by atoms with Crippen LogP contribution < -0.4 is 16.7 Å². The first kappa shape index (κ1) is 27.6. The van der Waals surface area contributed by atoms with Crippen molar-refractivity contribution in [1.29, 1.82) is 0 Å². The number of carboxylic acids is 1. The third kappa shape index (κ3) is 5.24. The first-order chi connectivity index (χ1) is 16.9. The van der Waals surface area contributed by atoms with Crippen LogP contribution >= 0.6 is 0 Å². The van der Waals surface area contributed by atoms with Crippen LogP contribution in [0.3, 0.4) is 0 Å². The van der Waals surface area contributed by atoms with Gasteiger partial charge in [0, 0.05) is 33.2 Å². The van der Waals surface area contributed by atoms with Crippen molar-refractivity contribution in [3.63, 3.8) is 0 Å². The molecule has 1 aliphatic rings. The van der Waals surface area contributed by atoms with Crippen molar-refractivity contribution in [2.45, 2.75) is 65.3 Å². The van der Waals surface area contributed by atoms with Gasteiger partial charge in [0.2, 0.25) is 11.8 Å². The van der Waals surface area contributed by atoms with Gasteiger partial charge in [-0.2, -0.15) is 0 Å². The molecule has 1 aromatic carbocycles. The molecule has 2 unspecified atom stereocenters. The van der Waals surface area contributed by atoms with E-state index < -0.39 is 28.7 Å². The van der Waals surface area contributed by atoms with E-state index in [1.165, 1.54) is 4.57 Å². The number of nitrogens with zero attached hydrogens (tertiary/aromatic N) is 2. The lowest BCUT2D eigenvalue weighted by molar-refractivity contribution is -0.156. The molecule has 0 radical (unpaired) electrons. The Morgan fingerprint density at radius 3 is 2.50 bits per heavy atom. The van der Waals surface area contributed by atoms with Crippen molar-refractivity contribution >= 4 is 28.8 Å². The Morgan fingerprint density at radius 1 is 1.19 bits per heavy atom. The molecular weight excluding hydrogens is 464 g/mol. The Balaban J connectivity index is 1.61. The lowest BCUT2D eigenvalue weighted by atomic mass is 9.64. The summed E-state index contributed by atoms with van der Waals surface area (Å²) >= 11 is 0. The highest BCUT2D eigenvalue weighted by Gasteiger charge is 2.47. The Bertz CT molecular complexity index is 1190. The van der Waals surface area contributed by atoms with Crippen LogP contribution in [0.25, 0.3) is 11.0 Å². The van der Waals surface area contributed by atoms with E-state index in [0.717, 1.165) is 17.5 Å². The van der Waals surface area contributed by atoms with Crippen LogP contribution in [-0.2, 0) is 32.6 Å². The number of aromatic nitrogens is 2. The molecule has 1 fully saturated rings. The normalized spacial score (nSPS) is 18.3. The van der Waals surface area contributed by atoms with Gasteiger partial charge < -0.3 is 15.6 Å². The predicted octanol–water partition coefficient (Wildman–Crippen LogP) is 2.12. The number of carbonyl (C=O) groups is 3. The number of imide groups is 1. The topological polar surface area (TPSA) is 146 Å². The zero-order valence-electron chi connectivity index (χ0n) is 21.6. The number of hydrogen-bond donors (Lipinski definition) is 3. The molecule has 2 atom stereocenters. The number of rotatable bonds is 11. The van der Waals surface area contributed by atoms with Crippen LogP contribution in [0.1, 0.15) is 64.5 Å². The lowest BCUT2D eigenvalue weighted by Crippen LogP contribution is -2.48. The smallest absolute Gasteiger partial charge is 0.329 e. The summed E-state index contributed by atoms with van der Waals surface area (Å²) in [7, 11) is 1.69. The summed E-state index contributed by atoms with van der Waals surface area (Å²) in [6.45, 7) is 6.71. The van der Waals surface area contributed by atoms with Crippen LogP contribution in [-0.4, -0.2) is 51.8 Å². The average molecular weight is 503 g/mol. The molecule has 0 spiro atoms. The van der Waals surface area contributed by atoms with Crippen LogP contribution in [0.15, 0.2) is 23.0 Å². The van der Waals surface area contributed by atoms with Crippen LogP contribution in [0, 0.1) is 10.8 Å². The molecule has 1 aliphatic heterocycles. The second-order valence-corrected chi connectivity index (χ2v) is 10.6. The van der Waals surface area contributed by atoms with Gasteiger partial charge in [-0.25, -0.2) is 4.79 Å². The van der Waals surface area contributed by atoms with Crippen LogP contribution in [0.2, 0.25) is 0 Å².